The molecule has 0 saturated carbocycles. The van der Waals surface area contributed by atoms with Crippen LogP contribution in [0.25, 0.3) is 0 Å². The summed E-state index contributed by atoms with van der Waals surface area (Å²) >= 11 is 0. The highest BCUT2D eigenvalue weighted by Gasteiger charge is 2.36. The van der Waals surface area contributed by atoms with Gasteiger partial charge < -0.3 is 19.5 Å². The molecule has 7 nitrogen and oxygen atoms in total. The van der Waals surface area contributed by atoms with Crippen molar-refractivity contribution in [2.75, 3.05) is 26.7 Å². The molecule has 0 aromatic carbocycles. The second-order valence-corrected chi connectivity index (χ2v) is 7.22. The quantitative estimate of drug-likeness (QED) is 0.618. The number of methoxy groups -OCH3 is 1. The zero-order valence-corrected chi connectivity index (χ0v) is 15.3. The van der Waals surface area contributed by atoms with Crippen molar-refractivity contribution in [1.29, 1.82) is 0 Å². The summed E-state index contributed by atoms with van der Waals surface area (Å²) in [7, 11) is 1.39. The number of amides is 2. The van der Waals surface area contributed by atoms with Gasteiger partial charge >= 0.3 is 12.0 Å². The number of rotatable bonds is 6. The Kier molecular flexibility index (Phi) is 5.96. The number of pyridine rings is 1. The molecule has 0 unspecified atom stereocenters. The Hall–Kier alpha value is -2.31. The van der Waals surface area contributed by atoms with Crippen LogP contribution in [-0.4, -0.2) is 48.2 Å². The molecule has 2 atom stereocenters. The molecular weight excluding hydrogens is 334 g/mol. The van der Waals surface area contributed by atoms with E-state index in [4.69, 9.17) is 0 Å². The first kappa shape index (κ1) is 18.5. The minimum absolute atomic E-state index is 0.0283. The van der Waals surface area contributed by atoms with Crippen molar-refractivity contribution in [3.8, 4) is 0 Å². The zero-order valence-electron chi connectivity index (χ0n) is 15.3. The zero-order chi connectivity index (χ0) is 18.5. The monoisotopic (exact) mass is 361 g/mol. The Bertz CT molecular complexity index is 715. The summed E-state index contributed by atoms with van der Waals surface area (Å²) in [6.45, 7) is 2.67. The molecule has 2 bridgehead atoms. The smallest absolute Gasteiger partial charge is 0.317 e. The molecule has 1 saturated heterocycles. The molecule has 0 aliphatic carbocycles. The molecule has 2 aliphatic rings. The number of esters is 1. The average molecular weight is 361 g/mol. The van der Waals surface area contributed by atoms with Gasteiger partial charge in [-0.25, -0.2) is 4.79 Å². The minimum Gasteiger partial charge on any atom is -0.469 e. The Morgan fingerprint density at radius 2 is 2.04 bits per heavy atom. The van der Waals surface area contributed by atoms with E-state index in [-0.39, 0.29) is 23.5 Å². The van der Waals surface area contributed by atoms with Crippen molar-refractivity contribution in [1.82, 2.24) is 14.8 Å². The van der Waals surface area contributed by atoms with Gasteiger partial charge in [0.2, 0.25) is 0 Å². The number of hydrogen-bond acceptors (Lipinski definition) is 4. The summed E-state index contributed by atoms with van der Waals surface area (Å²) in [5.74, 6) is 0.391. The Morgan fingerprint density at radius 3 is 2.85 bits per heavy atom. The van der Waals surface area contributed by atoms with Crippen molar-refractivity contribution in [3.05, 3.63) is 34.2 Å². The molecular formula is C19H27N3O4. The van der Waals surface area contributed by atoms with Crippen molar-refractivity contribution in [3.63, 3.8) is 0 Å². The number of piperidine rings is 1. The molecule has 1 aromatic heterocycles. The highest BCUT2D eigenvalue weighted by molar-refractivity contribution is 5.74. The molecule has 2 aliphatic heterocycles. The van der Waals surface area contributed by atoms with Gasteiger partial charge in [-0.05, 0) is 31.2 Å². The lowest BCUT2D eigenvalue weighted by atomic mass is 9.83. The summed E-state index contributed by atoms with van der Waals surface area (Å²) in [4.78, 5) is 37.4. The molecule has 3 heterocycles. The summed E-state index contributed by atoms with van der Waals surface area (Å²) < 4.78 is 6.48. The number of hydrogen-bond donors (Lipinski definition) is 1. The first-order valence-electron chi connectivity index (χ1n) is 9.38. The van der Waals surface area contributed by atoms with Crippen LogP contribution in [0.4, 0.5) is 4.79 Å². The Balaban J connectivity index is 1.46. The molecule has 142 valence electrons. The van der Waals surface area contributed by atoms with E-state index in [2.05, 4.69) is 10.1 Å². The fraction of sp³-hybridized carbons (Fsp3) is 0.632. The number of fused-ring (bicyclic) bond motifs is 4. The molecule has 7 heteroatoms. The van der Waals surface area contributed by atoms with Gasteiger partial charge in [-0.3, -0.25) is 9.59 Å². The first-order valence-corrected chi connectivity index (χ1v) is 9.38. The number of nitrogens with one attached hydrogen (secondary N) is 1. The van der Waals surface area contributed by atoms with Crippen LogP contribution in [0.3, 0.4) is 0 Å². The summed E-state index contributed by atoms with van der Waals surface area (Å²) in [5, 5.41) is 2.98. The van der Waals surface area contributed by atoms with Gasteiger partial charge in [0.1, 0.15) is 0 Å². The SMILES string of the molecule is COC(=O)CCCCCNC(=O)N1C[C@H]2C[C@@H](C1)c1cccc(=O)n1C2. The number of carbonyl (C=O) groups is 2. The van der Waals surface area contributed by atoms with Gasteiger partial charge in [0.15, 0.2) is 0 Å². The summed E-state index contributed by atoms with van der Waals surface area (Å²) in [6.07, 6.45) is 3.99. The maximum Gasteiger partial charge on any atom is 0.317 e. The van der Waals surface area contributed by atoms with E-state index in [1.165, 1.54) is 7.11 Å². The Labute approximate surface area is 153 Å². The largest absolute Gasteiger partial charge is 0.469 e. The number of unbranched alkanes of at least 4 members (excludes halogenated alkanes) is 2. The first-order chi connectivity index (χ1) is 12.6. The summed E-state index contributed by atoms with van der Waals surface area (Å²) in [5.41, 5.74) is 1.11. The molecule has 3 rings (SSSR count). The van der Waals surface area contributed by atoms with E-state index in [9.17, 15) is 14.4 Å². The third-order valence-corrected chi connectivity index (χ3v) is 5.33. The molecule has 2 amide bonds. The van der Waals surface area contributed by atoms with Crippen LogP contribution in [0, 0.1) is 5.92 Å². The number of aromatic nitrogens is 1. The van der Waals surface area contributed by atoms with Crippen LogP contribution >= 0.6 is 0 Å². The molecule has 1 fully saturated rings. The van der Waals surface area contributed by atoms with Gasteiger partial charge in [0, 0.05) is 50.3 Å². The van der Waals surface area contributed by atoms with Crippen molar-refractivity contribution in [2.45, 2.75) is 44.6 Å². The number of likely N-dealkylation sites (tertiary alicyclic amines) is 1. The molecule has 26 heavy (non-hydrogen) atoms. The van der Waals surface area contributed by atoms with Crippen LogP contribution < -0.4 is 10.9 Å². The van der Waals surface area contributed by atoms with Gasteiger partial charge in [0.05, 0.1) is 7.11 Å². The van der Waals surface area contributed by atoms with Gasteiger partial charge in [-0.2, -0.15) is 0 Å². The van der Waals surface area contributed by atoms with E-state index in [0.29, 0.717) is 38.5 Å². The van der Waals surface area contributed by atoms with E-state index in [0.717, 1.165) is 31.4 Å². The van der Waals surface area contributed by atoms with E-state index in [1.807, 2.05) is 21.6 Å². The van der Waals surface area contributed by atoms with Crippen LogP contribution in [0.2, 0.25) is 0 Å². The third-order valence-electron chi connectivity index (χ3n) is 5.33. The fourth-order valence-electron chi connectivity index (χ4n) is 4.04. The lowest BCUT2D eigenvalue weighted by molar-refractivity contribution is -0.140. The number of ether oxygens (including phenoxy) is 1. The maximum atomic E-state index is 12.5. The second kappa shape index (κ2) is 8.38. The van der Waals surface area contributed by atoms with Crippen LogP contribution in [0.1, 0.15) is 43.7 Å². The molecule has 0 spiro atoms. The van der Waals surface area contributed by atoms with Gasteiger partial charge in [0.25, 0.3) is 5.56 Å². The molecule has 1 aromatic rings. The topological polar surface area (TPSA) is 80.6 Å². The normalized spacial score (nSPS) is 21.0. The number of urea groups is 1. The highest BCUT2D eigenvalue weighted by Crippen LogP contribution is 2.34. The Morgan fingerprint density at radius 1 is 1.19 bits per heavy atom. The average Bonchev–Trinajstić information content (AvgIpc) is 2.64. The van der Waals surface area contributed by atoms with Crippen molar-refractivity contribution < 1.29 is 14.3 Å². The predicted molar refractivity (Wildman–Crippen MR) is 97.0 cm³/mol. The van der Waals surface area contributed by atoms with Crippen LogP contribution in [-0.2, 0) is 16.1 Å². The number of nitrogens with zero attached hydrogens (tertiary/aromatic N) is 2. The fourth-order valence-corrected chi connectivity index (χ4v) is 4.04. The van der Waals surface area contributed by atoms with Gasteiger partial charge in [-0.1, -0.05) is 12.5 Å². The molecule has 0 radical (unpaired) electrons. The lowest BCUT2D eigenvalue weighted by Crippen LogP contribution is -2.52. The standard InChI is InChI=1S/C19H27N3O4/c1-26-18(24)8-3-2-4-9-20-19(25)21-11-14-10-15(13-21)16-6-5-7-17(23)22(16)12-14/h5-7,14-15H,2-4,8-13H2,1H3,(H,20,25)/t14-,15+/m1/s1. The van der Waals surface area contributed by atoms with Gasteiger partial charge in [-0.15, -0.1) is 0 Å². The maximum absolute atomic E-state index is 12.5. The van der Waals surface area contributed by atoms with Crippen molar-refractivity contribution in [2.24, 2.45) is 5.92 Å². The second-order valence-electron chi connectivity index (χ2n) is 7.22. The van der Waals surface area contributed by atoms with Crippen molar-refractivity contribution >= 4 is 12.0 Å². The van der Waals surface area contributed by atoms with E-state index >= 15 is 0 Å². The molecule has 1 N–H and O–H groups in total. The predicted octanol–water partition coefficient (Wildman–Crippen LogP) is 1.71. The summed E-state index contributed by atoms with van der Waals surface area (Å²) in [6, 6.07) is 5.39. The van der Waals surface area contributed by atoms with E-state index < -0.39 is 0 Å². The van der Waals surface area contributed by atoms with Crippen LogP contribution in [0.5, 0.6) is 0 Å². The third kappa shape index (κ3) is 4.26. The van der Waals surface area contributed by atoms with Crippen LogP contribution in [0.15, 0.2) is 23.0 Å². The number of carbonyl (C=O) groups excluding carboxylic acids is 2. The minimum atomic E-state index is -0.187. The lowest BCUT2D eigenvalue weighted by Gasteiger charge is -2.42. The highest BCUT2D eigenvalue weighted by atomic mass is 16.5. The van der Waals surface area contributed by atoms with E-state index in [1.54, 1.807) is 6.07 Å².